The third-order valence-corrected chi connectivity index (χ3v) is 4.10. The molecule has 0 aromatic heterocycles. The standard InChI is InChI=1S/C18H28N4O2.HI/c1-4-24-18(23)22-12-10-21(11-13-22)17(19-3)20-9-8-16-7-5-6-15(2)14-16;/h5-7,14H,4,8-13H2,1-3H3,(H,19,20);1H. The van der Waals surface area contributed by atoms with Crippen molar-refractivity contribution < 1.29 is 9.53 Å². The van der Waals surface area contributed by atoms with E-state index in [2.05, 4.69) is 46.4 Å². The lowest BCUT2D eigenvalue weighted by Gasteiger charge is -2.35. The maximum absolute atomic E-state index is 11.7. The van der Waals surface area contributed by atoms with Crippen molar-refractivity contribution >= 4 is 36.0 Å². The second kappa shape index (κ2) is 11.2. The lowest BCUT2D eigenvalue weighted by atomic mass is 10.1. The number of ether oxygens (including phenoxy) is 1. The summed E-state index contributed by atoms with van der Waals surface area (Å²) in [5.74, 6) is 0.895. The molecule has 1 aliphatic heterocycles. The maximum atomic E-state index is 11.7. The fraction of sp³-hybridized carbons (Fsp3) is 0.556. The van der Waals surface area contributed by atoms with Crippen LogP contribution in [0.25, 0.3) is 0 Å². The molecule has 1 fully saturated rings. The first-order valence-corrected chi connectivity index (χ1v) is 8.57. The second-order valence-corrected chi connectivity index (χ2v) is 5.89. The van der Waals surface area contributed by atoms with Gasteiger partial charge in [-0.05, 0) is 25.8 Å². The molecule has 6 nitrogen and oxygen atoms in total. The monoisotopic (exact) mass is 460 g/mol. The largest absolute Gasteiger partial charge is 0.450 e. The quantitative estimate of drug-likeness (QED) is 0.426. The summed E-state index contributed by atoms with van der Waals surface area (Å²) in [4.78, 5) is 20.0. The van der Waals surface area contributed by atoms with E-state index in [1.807, 2.05) is 6.92 Å². The van der Waals surface area contributed by atoms with Crippen molar-refractivity contribution in [3.05, 3.63) is 35.4 Å². The van der Waals surface area contributed by atoms with Crippen LogP contribution >= 0.6 is 24.0 Å². The highest BCUT2D eigenvalue weighted by atomic mass is 127. The molecule has 1 heterocycles. The van der Waals surface area contributed by atoms with Crippen LogP contribution in [0.1, 0.15) is 18.1 Å². The number of guanidine groups is 1. The van der Waals surface area contributed by atoms with Gasteiger partial charge in [0.05, 0.1) is 6.61 Å². The van der Waals surface area contributed by atoms with Crippen LogP contribution in [0.2, 0.25) is 0 Å². The highest BCUT2D eigenvalue weighted by Gasteiger charge is 2.23. The van der Waals surface area contributed by atoms with E-state index < -0.39 is 0 Å². The third-order valence-electron chi connectivity index (χ3n) is 4.10. The number of hydrogen-bond acceptors (Lipinski definition) is 3. The molecule has 1 aromatic carbocycles. The summed E-state index contributed by atoms with van der Waals surface area (Å²) >= 11 is 0. The fourth-order valence-corrected chi connectivity index (χ4v) is 2.83. The molecule has 25 heavy (non-hydrogen) atoms. The molecule has 0 radical (unpaired) electrons. The van der Waals surface area contributed by atoms with Gasteiger partial charge in [-0.15, -0.1) is 24.0 Å². The Labute approximate surface area is 167 Å². The van der Waals surface area contributed by atoms with Crippen molar-refractivity contribution in [3.63, 3.8) is 0 Å². The van der Waals surface area contributed by atoms with E-state index in [0.29, 0.717) is 19.7 Å². The lowest BCUT2D eigenvalue weighted by molar-refractivity contribution is 0.0915. The minimum Gasteiger partial charge on any atom is -0.450 e. The number of aryl methyl sites for hydroxylation is 1. The topological polar surface area (TPSA) is 57.2 Å². The molecule has 1 aliphatic rings. The Morgan fingerprint density at radius 3 is 2.52 bits per heavy atom. The molecule has 0 aliphatic carbocycles. The predicted octanol–water partition coefficient (Wildman–Crippen LogP) is 2.51. The van der Waals surface area contributed by atoms with Crippen molar-refractivity contribution in [2.45, 2.75) is 20.3 Å². The van der Waals surface area contributed by atoms with E-state index in [1.54, 1.807) is 11.9 Å². The number of carbonyl (C=O) groups is 1. The van der Waals surface area contributed by atoms with Crippen LogP contribution in [0.5, 0.6) is 0 Å². The Bertz CT molecular complexity index is 572. The molecule has 0 saturated carbocycles. The van der Waals surface area contributed by atoms with Crippen LogP contribution in [-0.4, -0.2) is 68.2 Å². The molecule has 7 heteroatoms. The Morgan fingerprint density at radius 1 is 1.24 bits per heavy atom. The number of carbonyl (C=O) groups excluding carboxylic acids is 1. The van der Waals surface area contributed by atoms with Crippen LogP contribution in [0.3, 0.4) is 0 Å². The fourth-order valence-electron chi connectivity index (χ4n) is 2.83. The molecule has 0 atom stereocenters. The molecular formula is C18H29IN4O2. The lowest BCUT2D eigenvalue weighted by Crippen LogP contribution is -2.54. The predicted molar refractivity (Wildman–Crippen MR) is 112 cm³/mol. The number of hydrogen-bond donors (Lipinski definition) is 1. The normalized spacial score (nSPS) is 14.8. The van der Waals surface area contributed by atoms with Gasteiger partial charge >= 0.3 is 6.09 Å². The van der Waals surface area contributed by atoms with E-state index in [9.17, 15) is 4.79 Å². The van der Waals surface area contributed by atoms with Crippen molar-refractivity contribution in [1.29, 1.82) is 0 Å². The molecule has 0 unspecified atom stereocenters. The van der Waals surface area contributed by atoms with Crippen molar-refractivity contribution in [2.75, 3.05) is 46.4 Å². The number of benzene rings is 1. The summed E-state index contributed by atoms with van der Waals surface area (Å²) in [6.45, 7) is 8.06. The molecule has 1 amide bonds. The van der Waals surface area contributed by atoms with Gasteiger partial charge in [-0.25, -0.2) is 4.79 Å². The minimum absolute atomic E-state index is 0. The molecule has 0 bridgehead atoms. The number of halogens is 1. The Balaban J connectivity index is 0.00000312. The van der Waals surface area contributed by atoms with Gasteiger partial charge < -0.3 is 19.9 Å². The minimum atomic E-state index is -0.223. The van der Waals surface area contributed by atoms with Crippen LogP contribution in [-0.2, 0) is 11.2 Å². The number of rotatable bonds is 4. The molecule has 2 rings (SSSR count). The summed E-state index contributed by atoms with van der Waals surface area (Å²) in [6, 6.07) is 8.56. The highest BCUT2D eigenvalue weighted by Crippen LogP contribution is 2.06. The molecule has 1 saturated heterocycles. The van der Waals surface area contributed by atoms with Gasteiger partial charge in [-0.2, -0.15) is 0 Å². The zero-order valence-electron chi connectivity index (χ0n) is 15.3. The first-order valence-electron chi connectivity index (χ1n) is 8.57. The molecule has 0 spiro atoms. The first kappa shape index (κ1) is 21.5. The number of piperazine rings is 1. The Morgan fingerprint density at radius 2 is 1.92 bits per heavy atom. The molecule has 1 N–H and O–H groups in total. The highest BCUT2D eigenvalue weighted by molar-refractivity contribution is 14.0. The van der Waals surface area contributed by atoms with E-state index in [1.165, 1.54) is 11.1 Å². The van der Waals surface area contributed by atoms with Gasteiger partial charge in [0.15, 0.2) is 5.96 Å². The van der Waals surface area contributed by atoms with Crippen LogP contribution in [0, 0.1) is 6.92 Å². The second-order valence-electron chi connectivity index (χ2n) is 5.89. The zero-order valence-corrected chi connectivity index (χ0v) is 17.7. The van der Waals surface area contributed by atoms with Crippen LogP contribution in [0.4, 0.5) is 4.79 Å². The van der Waals surface area contributed by atoms with Crippen LogP contribution in [0.15, 0.2) is 29.3 Å². The molecular weight excluding hydrogens is 431 g/mol. The average Bonchev–Trinajstić information content (AvgIpc) is 2.59. The summed E-state index contributed by atoms with van der Waals surface area (Å²) < 4.78 is 5.05. The Hall–Kier alpha value is -1.51. The third kappa shape index (κ3) is 6.72. The summed E-state index contributed by atoms with van der Waals surface area (Å²) in [7, 11) is 1.80. The van der Waals surface area contributed by atoms with E-state index in [4.69, 9.17) is 4.74 Å². The number of aliphatic imine (C=N–C) groups is 1. The van der Waals surface area contributed by atoms with E-state index >= 15 is 0 Å². The first-order chi connectivity index (χ1) is 11.6. The molecule has 140 valence electrons. The van der Waals surface area contributed by atoms with Crippen molar-refractivity contribution in [3.8, 4) is 0 Å². The van der Waals surface area contributed by atoms with Gasteiger partial charge in [0.2, 0.25) is 0 Å². The van der Waals surface area contributed by atoms with E-state index in [-0.39, 0.29) is 30.1 Å². The Kier molecular flexibility index (Phi) is 9.62. The average molecular weight is 460 g/mol. The zero-order chi connectivity index (χ0) is 17.4. The van der Waals surface area contributed by atoms with Gasteiger partial charge in [-0.1, -0.05) is 29.8 Å². The van der Waals surface area contributed by atoms with Crippen molar-refractivity contribution in [1.82, 2.24) is 15.1 Å². The van der Waals surface area contributed by atoms with Gasteiger partial charge in [0, 0.05) is 39.8 Å². The summed E-state index contributed by atoms with van der Waals surface area (Å²) in [5, 5.41) is 3.42. The maximum Gasteiger partial charge on any atom is 0.409 e. The van der Waals surface area contributed by atoms with Crippen molar-refractivity contribution in [2.24, 2.45) is 4.99 Å². The van der Waals surface area contributed by atoms with Gasteiger partial charge in [-0.3, -0.25) is 4.99 Å². The summed E-state index contributed by atoms with van der Waals surface area (Å²) in [5.41, 5.74) is 2.61. The van der Waals surface area contributed by atoms with Gasteiger partial charge in [0.25, 0.3) is 0 Å². The summed E-state index contributed by atoms with van der Waals surface area (Å²) in [6.07, 6.45) is 0.739. The molecule has 1 aromatic rings. The smallest absolute Gasteiger partial charge is 0.409 e. The number of nitrogens with zero attached hydrogens (tertiary/aromatic N) is 3. The number of nitrogens with one attached hydrogen (secondary N) is 1. The van der Waals surface area contributed by atoms with Crippen LogP contribution < -0.4 is 5.32 Å². The van der Waals surface area contributed by atoms with E-state index in [0.717, 1.165) is 32.0 Å². The number of amides is 1. The SMILES string of the molecule is CCOC(=O)N1CCN(C(=NC)NCCc2cccc(C)c2)CC1.I. The van der Waals surface area contributed by atoms with Gasteiger partial charge in [0.1, 0.15) is 0 Å².